The van der Waals surface area contributed by atoms with E-state index in [4.69, 9.17) is 15.9 Å². The highest BCUT2D eigenvalue weighted by Crippen LogP contribution is 2.24. The fourth-order valence-electron chi connectivity index (χ4n) is 1.13. The van der Waals surface area contributed by atoms with Crippen molar-refractivity contribution in [1.29, 1.82) is 0 Å². The second kappa shape index (κ2) is 3.46. The topological polar surface area (TPSA) is 136 Å². The number of rotatable bonds is 1. The van der Waals surface area contributed by atoms with E-state index in [2.05, 4.69) is 4.74 Å². The van der Waals surface area contributed by atoms with Gasteiger partial charge in [0.1, 0.15) is 18.3 Å². The van der Waals surface area contributed by atoms with Gasteiger partial charge in [0.2, 0.25) is 6.29 Å². The molecule has 0 aromatic rings. The fraction of sp³-hybridized carbons (Fsp3) is 1.00. The van der Waals surface area contributed by atoms with Gasteiger partial charge in [-0.05, 0) is 0 Å². The summed E-state index contributed by atoms with van der Waals surface area (Å²) in [6.07, 6.45) is -6.31. The first-order chi connectivity index (χ1) is 5.91. The summed E-state index contributed by atoms with van der Waals surface area (Å²) in [6, 6.07) is 0. The molecule has 0 amide bonds. The van der Waals surface area contributed by atoms with Crippen LogP contribution in [0.2, 0.25) is 0 Å². The Kier molecular flexibility index (Phi) is 2.88. The van der Waals surface area contributed by atoms with Crippen LogP contribution in [-0.4, -0.2) is 62.5 Å². The molecule has 1 fully saturated rings. The minimum Gasteiger partial charge on any atom is -0.394 e. The van der Waals surface area contributed by atoms with Gasteiger partial charge in [-0.1, -0.05) is 0 Å². The smallest absolute Gasteiger partial charge is 0.200 e. The van der Waals surface area contributed by atoms with Crippen LogP contribution in [0.25, 0.3) is 0 Å². The Labute approximate surface area is 74.0 Å². The highest BCUT2D eigenvalue weighted by molar-refractivity contribution is 4.95. The Hall–Kier alpha value is -0.280. The van der Waals surface area contributed by atoms with Gasteiger partial charge in [0.05, 0.1) is 6.61 Å². The molecule has 7 N–H and O–H groups in total. The van der Waals surface area contributed by atoms with E-state index in [0.717, 1.165) is 0 Å². The third-order valence-corrected chi connectivity index (χ3v) is 2.06. The molecule has 0 bridgehead atoms. The van der Waals surface area contributed by atoms with Gasteiger partial charge < -0.3 is 30.3 Å². The molecule has 0 radical (unpaired) electrons. The molecule has 1 aliphatic heterocycles. The lowest BCUT2D eigenvalue weighted by molar-refractivity contribution is -0.327. The van der Waals surface area contributed by atoms with Crippen LogP contribution in [0, 0.1) is 0 Å². The van der Waals surface area contributed by atoms with Gasteiger partial charge in [0, 0.05) is 0 Å². The van der Waals surface area contributed by atoms with Crippen molar-refractivity contribution < 1.29 is 30.3 Å². The molecular weight excluding hydrogens is 182 g/mol. The lowest BCUT2D eigenvalue weighted by Gasteiger charge is -2.43. The molecule has 0 spiro atoms. The van der Waals surface area contributed by atoms with E-state index in [9.17, 15) is 15.3 Å². The van der Waals surface area contributed by atoms with E-state index in [0.29, 0.717) is 0 Å². The summed E-state index contributed by atoms with van der Waals surface area (Å²) in [4.78, 5) is 0. The Bertz CT molecular complexity index is 186. The van der Waals surface area contributed by atoms with E-state index in [1.165, 1.54) is 0 Å². The minimum atomic E-state index is -2.43. The molecule has 13 heavy (non-hydrogen) atoms. The van der Waals surface area contributed by atoms with Crippen molar-refractivity contribution >= 4 is 0 Å². The third-order valence-electron chi connectivity index (χ3n) is 2.06. The number of aliphatic hydroxyl groups excluding tert-OH is 4. The summed E-state index contributed by atoms with van der Waals surface area (Å²) in [6.45, 7) is -0.592. The van der Waals surface area contributed by atoms with Crippen molar-refractivity contribution in [3.8, 4) is 0 Å². The van der Waals surface area contributed by atoms with Gasteiger partial charge in [-0.2, -0.15) is 0 Å². The zero-order valence-electron chi connectivity index (χ0n) is 6.74. The second-order valence-corrected chi connectivity index (χ2v) is 3.03. The molecule has 1 aliphatic rings. The van der Waals surface area contributed by atoms with Gasteiger partial charge in [0.25, 0.3) is 0 Å². The van der Waals surface area contributed by atoms with E-state index in [-0.39, 0.29) is 0 Å². The predicted octanol–water partition coefficient (Wildman–Crippen LogP) is -3.94. The molecule has 78 valence electrons. The normalized spacial score (nSPS) is 52.2. The van der Waals surface area contributed by atoms with Gasteiger partial charge in [0.15, 0.2) is 5.72 Å². The molecule has 7 heteroatoms. The molecule has 0 saturated carbocycles. The Morgan fingerprint density at radius 3 is 2.31 bits per heavy atom. The second-order valence-electron chi connectivity index (χ2n) is 3.03. The van der Waals surface area contributed by atoms with E-state index in [1.807, 2.05) is 0 Å². The first-order valence-corrected chi connectivity index (χ1v) is 3.73. The number of nitrogens with two attached hydrogens (primary N) is 1. The Morgan fingerprint density at radius 2 is 1.85 bits per heavy atom. The van der Waals surface area contributed by atoms with Crippen LogP contribution < -0.4 is 5.73 Å². The van der Waals surface area contributed by atoms with Crippen molar-refractivity contribution in [3.63, 3.8) is 0 Å². The lowest BCUT2D eigenvalue weighted by atomic mass is 9.94. The Morgan fingerprint density at radius 1 is 1.31 bits per heavy atom. The molecular formula is C6H13NO6. The maximum atomic E-state index is 9.21. The monoisotopic (exact) mass is 195 g/mol. The number of hydrogen-bond donors (Lipinski definition) is 6. The summed E-state index contributed by atoms with van der Waals surface area (Å²) < 4.78 is 4.55. The van der Waals surface area contributed by atoms with Crippen LogP contribution >= 0.6 is 0 Å². The Balaban J connectivity index is 2.79. The van der Waals surface area contributed by atoms with Gasteiger partial charge in [-0.25, -0.2) is 0 Å². The first kappa shape index (κ1) is 10.8. The van der Waals surface area contributed by atoms with Crippen LogP contribution in [0.3, 0.4) is 0 Å². The van der Waals surface area contributed by atoms with E-state index >= 15 is 0 Å². The zero-order chi connectivity index (χ0) is 10.2. The van der Waals surface area contributed by atoms with Gasteiger partial charge >= 0.3 is 0 Å². The highest BCUT2D eigenvalue weighted by atomic mass is 16.6. The molecule has 7 nitrogen and oxygen atoms in total. The van der Waals surface area contributed by atoms with Gasteiger partial charge in [-0.15, -0.1) is 0 Å². The maximum Gasteiger partial charge on any atom is 0.200 e. The lowest BCUT2D eigenvalue weighted by Crippen LogP contribution is -2.70. The molecule has 0 aliphatic carbocycles. The fourth-order valence-corrected chi connectivity index (χ4v) is 1.13. The van der Waals surface area contributed by atoms with Crippen molar-refractivity contribution in [1.82, 2.24) is 0 Å². The van der Waals surface area contributed by atoms with E-state index in [1.54, 1.807) is 0 Å². The highest BCUT2D eigenvalue weighted by Gasteiger charge is 2.51. The van der Waals surface area contributed by atoms with Crippen LogP contribution in [0.1, 0.15) is 0 Å². The number of ether oxygens (including phenoxy) is 1. The largest absolute Gasteiger partial charge is 0.394 e. The number of aliphatic hydroxyl groups is 5. The zero-order valence-corrected chi connectivity index (χ0v) is 6.74. The first-order valence-electron chi connectivity index (χ1n) is 3.73. The molecule has 1 heterocycles. The van der Waals surface area contributed by atoms with Crippen molar-refractivity contribution in [2.75, 3.05) is 6.61 Å². The van der Waals surface area contributed by atoms with Crippen LogP contribution in [0.15, 0.2) is 0 Å². The summed E-state index contributed by atoms with van der Waals surface area (Å²) in [5.74, 6) is 0. The molecule has 0 aromatic carbocycles. The number of hydrogen-bond acceptors (Lipinski definition) is 7. The third kappa shape index (κ3) is 1.67. The maximum absolute atomic E-state index is 9.21. The molecule has 5 atom stereocenters. The van der Waals surface area contributed by atoms with Crippen molar-refractivity contribution in [2.24, 2.45) is 5.73 Å². The standard InChI is InChI=1S/C6H13NO6/c7-6(12)4(10)3(9)2(1-8)13-5(6)11/h2-5,8-12H,1,7H2. The molecule has 1 saturated heterocycles. The average Bonchev–Trinajstić information content (AvgIpc) is 2.09. The SMILES string of the molecule is NC1(O)C(O)OC(CO)C(O)C1O. The van der Waals surface area contributed by atoms with E-state index < -0.39 is 36.9 Å². The van der Waals surface area contributed by atoms with Crippen LogP contribution in [0.5, 0.6) is 0 Å². The van der Waals surface area contributed by atoms with Crippen LogP contribution in [-0.2, 0) is 4.74 Å². The summed E-state index contributed by atoms with van der Waals surface area (Å²) in [5, 5.41) is 45.3. The molecule has 5 unspecified atom stereocenters. The average molecular weight is 195 g/mol. The van der Waals surface area contributed by atoms with Crippen LogP contribution in [0.4, 0.5) is 0 Å². The minimum absolute atomic E-state index is 0.592. The summed E-state index contributed by atoms with van der Waals surface area (Å²) in [7, 11) is 0. The quantitative estimate of drug-likeness (QED) is 0.235. The molecule has 1 rings (SSSR count). The van der Waals surface area contributed by atoms with Gasteiger partial charge in [-0.3, -0.25) is 5.73 Å². The summed E-state index contributed by atoms with van der Waals surface area (Å²) >= 11 is 0. The van der Waals surface area contributed by atoms with Crippen molar-refractivity contribution in [3.05, 3.63) is 0 Å². The predicted molar refractivity (Wildman–Crippen MR) is 39.1 cm³/mol. The van der Waals surface area contributed by atoms with Crippen molar-refractivity contribution in [2.45, 2.75) is 30.3 Å². The summed E-state index contributed by atoms with van der Waals surface area (Å²) in [5.41, 5.74) is 2.64. The molecule has 0 aromatic heterocycles.